The zero-order chi connectivity index (χ0) is 18.4. The van der Waals surface area contributed by atoms with Crippen molar-refractivity contribution < 1.29 is 0 Å². The molecule has 130 valence electrons. The van der Waals surface area contributed by atoms with Gasteiger partial charge in [0, 0.05) is 51.5 Å². The molecule has 5 aromatic rings. The molecular weight excluding hydrogens is 384 g/mol. The molecule has 0 spiro atoms. The molecule has 0 saturated heterocycles. The summed E-state index contributed by atoms with van der Waals surface area (Å²) in [5, 5.41) is 4.89. The minimum Gasteiger partial charge on any atom is -0.143 e. The summed E-state index contributed by atoms with van der Waals surface area (Å²) in [6.45, 7) is 8.15. The van der Waals surface area contributed by atoms with Gasteiger partial charge in [-0.25, -0.2) is 0 Å². The van der Waals surface area contributed by atoms with E-state index in [2.05, 4.69) is 73.1 Å². The van der Waals surface area contributed by atoms with Crippen molar-refractivity contribution >= 4 is 66.3 Å². The van der Waals surface area contributed by atoms with Gasteiger partial charge in [-0.2, -0.15) is 0 Å². The molecule has 0 nitrogen and oxygen atoms in total. The highest BCUT2D eigenvalue weighted by atomic mass is 32.1. The van der Waals surface area contributed by atoms with Crippen LogP contribution in [0.4, 0.5) is 0 Å². The van der Waals surface area contributed by atoms with Crippen molar-refractivity contribution in [2.75, 3.05) is 0 Å². The van der Waals surface area contributed by atoms with Gasteiger partial charge in [-0.15, -0.1) is 34.0 Å². The third-order valence-corrected chi connectivity index (χ3v) is 8.09. The van der Waals surface area contributed by atoms with Crippen LogP contribution in [0.3, 0.4) is 0 Å². The highest BCUT2D eigenvalue weighted by Crippen LogP contribution is 2.49. The second-order valence-electron chi connectivity index (χ2n) is 6.29. The van der Waals surface area contributed by atoms with Gasteiger partial charge in [-0.05, 0) is 23.6 Å². The average Bonchev–Trinajstić information content (AvgIpc) is 3.40. The molecule has 0 aliphatic rings. The fourth-order valence-electron chi connectivity index (χ4n) is 3.51. The number of thiophene rings is 3. The molecule has 3 aromatic heterocycles. The van der Waals surface area contributed by atoms with E-state index in [-0.39, 0.29) is 0 Å². The molecule has 0 unspecified atom stereocenters. The number of rotatable bonds is 4. The van der Waals surface area contributed by atoms with E-state index in [4.69, 9.17) is 0 Å². The van der Waals surface area contributed by atoms with Crippen molar-refractivity contribution in [1.29, 1.82) is 0 Å². The Kier molecular flexibility index (Phi) is 4.09. The van der Waals surface area contributed by atoms with Crippen molar-refractivity contribution in [3.63, 3.8) is 0 Å². The molecule has 0 fully saturated rings. The van der Waals surface area contributed by atoms with Crippen LogP contribution in [0, 0.1) is 0 Å². The Morgan fingerprint density at radius 1 is 0.815 bits per heavy atom. The van der Waals surface area contributed by atoms with Crippen molar-refractivity contribution in [2.45, 2.75) is 0 Å². The predicted molar refractivity (Wildman–Crippen MR) is 126 cm³/mol. The van der Waals surface area contributed by atoms with Gasteiger partial charge < -0.3 is 0 Å². The zero-order valence-corrected chi connectivity index (χ0v) is 17.0. The van der Waals surface area contributed by atoms with Crippen molar-refractivity contribution in [2.24, 2.45) is 0 Å². The first-order chi connectivity index (χ1) is 13.3. The van der Waals surface area contributed by atoms with Gasteiger partial charge in [0.25, 0.3) is 0 Å². The summed E-state index contributed by atoms with van der Waals surface area (Å²) in [6.07, 6.45) is 3.93. The van der Waals surface area contributed by atoms with Crippen LogP contribution >= 0.6 is 34.0 Å². The second-order valence-corrected chi connectivity index (χ2v) is 9.33. The minimum atomic E-state index is 1.18. The summed E-state index contributed by atoms with van der Waals surface area (Å²) < 4.78 is 2.64. The van der Waals surface area contributed by atoms with Gasteiger partial charge in [-0.3, -0.25) is 0 Å². The van der Waals surface area contributed by atoms with E-state index in [9.17, 15) is 0 Å². The molecule has 5 rings (SSSR count). The Morgan fingerprint density at radius 2 is 1.59 bits per heavy atom. The van der Waals surface area contributed by atoms with E-state index in [1.54, 1.807) is 11.3 Å². The van der Waals surface area contributed by atoms with Crippen molar-refractivity contribution in [3.05, 3.63) is 83.6 Å². The first kappa shape index (κ1) is 16.7. The van der Waals surface area contributed by atoms with Crippen LogP contribution in [0.25, 0.3) is 53.2 Å². The quantitative estimate of drug-likeness (QED) is 0.283. The summed E-state index contributed by atoms with van der Waals surface area (Å²) in [7, 11) is 0. The van der Waals surface area contributed by atoms with E-state index in [1.165, 1.54) is 51.5 Å². The van der Waals surface area contributed by atoms with Crippen LogP contribution in [-0.4, -0.2) is 0 Å². The topological polar surface area (TPSA) is 0 Å². The number of hydrogen-bond donors (Lipinski definition) is 0. The fourth-order valence-corrected chi connectivity index (χ4v) is 6.93. The molecule has 0 saturated carbocycles. The van der Waals surface area contributed by atoms with E-state index < -0.39 is 0 Å². The first-order valence-corrected chi connectivity index (χ1v) is 11.2. The lowest BCUT2D eigenvalue weighted by Crippen LogP contribution is -1.79. The van der Waals surface area contributed by atoms with Crippen molar-refractivity contribution in [3.8, 4) is 20.9 Å². The summed E-state index contributed by atoms with van der Waals surface area (Å²) in [6, 6.07) is 19.5. The molecule has 0 bridgehead atoms. The maximum absolute atomic E-state index is 4.10. The lowest BCUT2D eigenvalue weighted by atomic mass is 10.0. The maximum atomic E-state index is 4.10. The number of fused-ring (bicyclic) bond motifs is 2. The van der Waals surface area contributed by atoms with Gasteiger partial charge in [0.1, 0.15) is 0 Å². The van der Waals surface area contributed by atoms with Gasteiger partial charge in [0.05, 0.1) is 0 Å². The number of hydrogen-bond acceptors (Lipinski definition) is 3. The van der Waals surface area contributed by atoms with Gasteiger partial charge >= 0.3 is 0 Å². The Balaban J connectivity index is 1.85. The molecule has 0 aliphatic heterocycles. The Hall–Kier alpha value is -2.46. The average molecular weight is 401 g/mol. The molecule has 0 aliphatic carbocycles. The first-order valence-electron chi connectivity index (χ1n) is 8.67. The molecule has 0 N–H and O–H groups in total. The normalized spacial score (nSPS) is 11.3. The fraction of sp³-hybridized carbons (Fsp3) is 0. The van der Waals surface area contributed by atoms with Crippen LogP contribution in [-0.2, 0) is 0 Å². The van der Waals surface area contributed by atoms with Gasteiger partial charge in [0.15, 0.2) is 0 Å². The maximum Gasteiger partial charge on any atom is 0.0456 e. The van der Waals surface area contributed by atoms with Crippen LogP contribution in [0.15, 0.2) is 73.1 Å². The van der Waals surface area contributed by atoms with Crippen LogP contribution in [0.1, 0.15) is 10.4 Å². The van der Waals surface area contributed by atoms with E-state index in [1.807, 2.05) is 34.8 Å². The Bertz CT molecular complexity index is 1280. The molecule has 0 amide bonds. The lowest BCUT2D eigenvalue weighted by Gasteiger charge is -2.03. The highest BCUT2D eigenvalue weighted by molar-refractivity contribution is 7.23. The minimum absolute atomic E-state index is 1.18. The smallest absolute Gasteiger partial charge is 0.0456 e. The zero-order valence-electron chi connectivity index (χ0n) is 14.6. The molecule has 2 aromatic carbocycles. The summed E-state index contributed by atoms with van der Waals surface area (Å²) in [5.74, 6) is 0. The summed E-state index contributed by atoms with van der Waals surface area (Å²) in [4.78, 5) is 3.78. The third kappa shape index (κ3) is 2.62. The van der Waals surface area contributed by atoms with Gasteiger partial charge in [0.2, 0.25) is 0 Å². The number of benzene rings is 2. The monoisotopic (exact) mass is 400 g/mol. The van der Waals surface area contributed by atoms with Crippen LogP contribution in [0.5, 0.6) is 0 Å². The van der Waals surface area contributed by atoms with Gasteiger partial charge in [-0.1, -0.05) is 61.7 Å². The Morgan fingerprint density at radius 3 is 2.37 bits per heavy atom. The van der Waals surface area contributed by atoms with Crippen molar-refractivity contribution in [1.82, 2.24) is 0 Å². The lowest BCUT2D eigenvalue weighted by molar-refractivity contribution is 1.78. The molecule has 3 heteroatoms. The molecule has 27 heavy (non-hydrogen) atoms. The SMILES string of the molecule is C=Cc1sc(-c2csc3ccccc23)c(-c2cc3ccccc3s2)c1C=C. The summed E-state index contributed by atoms with van der Waals surface area (Å²) in [5.41, 5.74) is 3.78. The van der Waals surface area contributed by atoms with E-state index >= 15 is 0 Å². The summed E-state index contributed by atoms with van der Waals surface area (Å²) >= 11 is 5.47. The van der Waals surface area contributed by atoms with E-state index in [0.717, 1.165) is 0 Å². The molecular formula is C24H16S3. The highest BCUT2D eigenvalue weighted by Gasteiger charge is 2.21. The largest absolute Gasteiger partial charge is 0.143 e. The predicted octanol–water partition coefficient (Wildman–Crippen LogP) is 8.80. The van der Waals surface area contributed by atoms with Crippen LogP contribution in [0.2, 0.25) is 0 Å². The molecule has 0 radical (unpaired) electrons. The third-order valence-electron chi connectivity index (χ3n) is 4.76. The molecule has 3 heterocycles. The van der Waals surface area contributed by atoms with E-state index in [0.29, 0.717) is 0 Å². The molecule has 0 atom stereocenters. The second kappa shape index (κ2) is 6.61. The Labute approximate surface area is 170 Å². The standard InChI is InChI=1S/C24H16S3/c1-3-16-19(4-2)27-24(18-14-25-21-12-8-6-10-17(18)21)23(16)22-13-15-9-5-7-11-20(15)26-22/h3-14H,1-2H2. The van der Waals surface area contributed by atoms with Crippen LogP contribution < -0.4 is 0 Å².